The maximum atomic E-state index is 12.7. The van der Waals surface area contributed by atoms with Crippen molar-refractivity contribution in [3.8, 4) is 0 Å². The zero-order valence-corrected chi connectivity index (χ0v) is 16.6. The molecule has 0 saturated carbocycles. The van der Waals surface area contributed by atoms with Crippen LogP contribution in [-0.2, 0) is 29.1 Å². The number of ether oxygens (including phenoxy) is 1. The maximum Gasteiger partial charge on any atom is 0.331 e. The van der Waals surface area contributed by atoms with Crippen molar-refractivity contribution in [2.75, 3.05) is 39.8 Å². The molecule has 1 fully saturated rings. The van der Waals surface area contributed by atoms with E-state index in [-0.39, 0.29) is 31.1 Å². The first-order valence-electron chi connectivity index (χ1n) is 8.65. The highest BCUT2D eigenvalue weighted by molar-refractivity contribution is 7.89. The van der Waals surface area contributed by atoms with Gasteiger partial charge in [0.25, 0.3) is 5.91 Å². The zero-order valence-electron chi connectivity index (χ0n) is 15.8. The van der Waals surface area contributed by atoms with Gasteiger partial charge >= 0.3 is 5.97 Å². The van der Waals surface area contributed by atoms with Crippen LogP contribution in [0.3, 0.4) is 0 Å². The molecule has 10 heteroatoms. The van der Waals surface area contributed by atoms with Crippen molar-refractivity contribution in [1.29, 1.82) is 0 Å². The minimum atomic E-state index is -3.61. The van der Waals surface area contributed by atoms with Crippen molar-refractivity contribution in [2.45, 2.75) is 11.8 Å². The highest BCUT2D eigenvalue weighted by atomic mass is 32.2. The number of nitrogens with zero attached hydrogens (tertiary/aromatic N) is 2. The Kier molecular flexibility index (Phi) is 7.30. The first kappa shape index (κ1) is 21.6. The summed E-state index contributed by atoms with van der Waals surface area (Å²) in [5.41, 5.74) is 0.968. The zero-order chi connectivity index (χ0) is 20.7. The summed E-state index contributed by atoms with van der Waals surface area (Å²) in [6.07, 6.45) is 2.00. The number of likely N-dealkylation sites (N-methyl/N-ethyl adjacent to an activating group) is 1. The van der Waals surface area contributed by atoms with E-state index in [9.17, 15) is 22.8 Å². The van der Waals surface area contributed by atoms with Gasteiger partial charge in [-0.1, -0.05) is 17.7 Å². The summed E-state index contributed by atoms with van der Waals surface area (Å²) >= 11 is 0. The second kappa shape index (κ2) is 9.47. The van der Waals surface area contributed by atoms with Gasteiger partial charge in [0.2, 0.25) is 15.9 Å². The third-order valence-electron chi connectivity index (χ3n) is 4.20. The Morgan fingerprint density at radius 2 is 1.68 bits per heavy atom. The van der Waals surface area contributed by atoms with E-state index in [1.54, 1.807) is 24.3 Å². The van der Waals surface area contributed by atoms with Gasteiger partial charge in [-0.25, -0.2) is 13.2 Å². The molecule has 152 valence electrons. The molecule has 0 spiro atoms. The Hall–Kier alpha value is -2.72. The molecule has 1 saturated heterocycles. The quantitative estimate of drug-likeness (QED) is 0.509. The van der Waals surface area contributed by atoms with Gasteiger partial charge in [0.05, 0.1) is 4.90 Å². The predicted octanol–water partition coefficient (Wildman–Crippen LogP) is -0.327. The maximum absolute atomic E-state index is 12.7. The van der Waals surface area contributed by atoms with Crippen molar-refractivity contribution in [1.82, 2.24) is 14.5 Å². The lowest BCUT2D eigenvalue weighted by Crippen LogP contribution is -2.50. The molecule has 1 heterocycles. The Bertz CT molecular complexity index is 856. The normalized spacial score (nSPS) is 15.4. The first-order valence-corrected chi connectivity index (χ1v) is 10.1. The Morgan fingerprint density at radius 3 is 2.25 bits per heavy atom. The van der Waals surface area contributed by atoms with Crippen molar-refractivity contribution in [2.24, 2.45) is 0 Å². The van der Waals surface area contributed by atoms with Gasteiger partial charge in [0.1, 0.15) is 0 Å². The fourth-order valence-corrected chi connectivity index (χ4v) is 3.93. The van der Waals surface area contributed by atoms with Crippen LogP contribution < -0.4 is 5.32 Å². The van der Waals surface area contributed by atoms with Gasteiger partial charge < -0.3 is 15.0 Å². The third kappa shape index (κ3) is 5.64. The molecule has 28 heavy (non-hydrogen) atoms. The van der Waals surface area contributed by atoms with E-state index in [4.69, 9.17) is 0 Å². The highest BCUT2D eigenvalue weighted by Crippen LogP contribution is 2.18. The smallest absolute Gasteiger partial charge is 0.331 e. The van der Waals surface area contributed by atoms with E-state index in [0.29, 0.717) is 0 Å². The van der Waals surface area contributed by atoms with Crippen LogP contribution in [0.4, 0.5) is 0 Å². The summed E-state index contributed by atoms with van der Waals surface area (Å²) in [4.78, 5) is 36.3. The second-order valence-electron chi connectivity index (χ2n) is 6.16. The topological polar surface area (TPSA) is 113 Å². The number of hydrogen-bond acceptors (Lipinski definition) is 6. The van der Waals surface area contributed by atoms with Gasteiger partial charge in [-0.3, -0.25) is 9.59 Å². The number of hydrogen-bond donors (Lipinski definition) is 1. The molecule has 1 aliphatic heterocycles. The number of aryl methyl sites for hydroxylation is 1. The van der Waals surface area contributed by atoms with E-state index in [2.05, 4.69) is 10.1 Å². The molecule has 0 atom stereocenters. The number of benzene rings is 1. The molecule has 1 N–H and O–H groups in total. The van der Waals surface area contributed by atoms with Crippen LogP contribution in [0.15, 0.2) is 41.3 Å². The fraction of sp³-hybridized carbons (Fsp3) is 0.389. The van der Waals surface area contributed by atoms with E-state index in [1.807, 2.05) is 6.92 Å². The van der Waals surface area contributed by atoms with E-state index in [1.165, 1.54) is 16.3 Å². The summed E-state index contributed by atoms with van der Waals surface area (Å²) in [5, 5.41) is 2.30. The molecule has 0 aromatic heterocycles. The predicted molar refractivity (Wildman–Crippen MR) is 101 cm³/mol. The van der Waals surface area contributed by atoms with E-state index < -0.39 is 34.4 Å². The number of amides is 2. The minimum absolute atomic E-state index is 0.164. The Balaban J connectivity index is 1.88. The fourth-order valence-electron chi connectivity index (χ4n) is 2.51. The Morgan fingerprint density at radius 1 is 1.07 bits per heavy atom. The van der Waals surface area contributed by atoms with Crippen molar-refractivity contribution < 1.29 is 27.5 Å². The molecule has 0 unspecified atom stereocenters. The van der Waals surface area contributed by atoms with Crippen LogP contribution in [-0.4, -0.2) is 75.2 Å². The summed E-state index contributed by atoms with van der Waals surface area (Å²) in [5.74, 6) is -1.69. The standard InChI is InChI=1S/C18H23N3O6S/c1-14-3-5-15(6-4-14)28(25,26)21-11-9-20(10-12-21)17(23)7-8-18(24)27-13-16(22)19-2/h3-8H,9-13H2,1-2H3,(H,19,22)/b8-7+. The molecular weight excluding hydrogens is 386 g/mol. The lowest BCUT2D eigenvalue weighted by Gasteiger charge is -2.33. The van der Waals surface area contributed by atoms with Crippen LogP contribution in [0.25, 0.3) is 0 Å². The minimum Gasteiger partial charge on any atom is -0.452 e. The van der Waals surface area contributed by atoms with Gasteiger partial charge in [-0.15, -0.1) is 0 Å². The SMILES string of the molecule is CNC(=O)COC(=O)/C=C/C(=O)N1CCN(S(=O)(=O)c2ccc(C)cc2)CC1. The molecule has 9 nitrogen and oxygen atoms in total. The number of piperazine rings is 1. The number of carbonyl (C=O) groups excluding carboxylic acids is 3. The van der Waals surface area contributed by atoms with Crippen LogP contribution in [0.2, 0.25) is 0 Å². The molecular formula is C18H23N3O6S. The first-order chi connectivity index (χ1) is 13.2. The molecule has 2 rings (SSSR count). The van der Waals surface area contributed by atoms with Crippen LogP contribution in [0.5, 0.6) is 0 Å². The van der Waals surface area contributed by atoms with E-state index >= 15 is 0 Å². The van der Waals surface area contributed by atoms with Gasteiger partial charge in [0.15, 0.2) is 6.61 Å². The van der Waals surface area contributed by atoms with Crippen molar-refractivity contribution >= 4 is 27.8 Å². The Labute approximate surface area is 164 Å². The van der Waals surface area contributed by atoms with Crippen LogP contribution in [0, 0.1) is 6.92 Å². The second-order valence-corrected chi connectivity index (χ2v) is 8.09. The molecule has 1 aromatic carbocycles. The monoisotopic (exact) mass is 409 g/mol. The number of rotatable bonds is 6. The number of carbonyl (C=O) groups is 3. The van der Waals surface area contributed by atoms with Crippen LogP contribution >= 0.6 is 0 Å². The summed E-state index contributed by atoms with van der Waals surface area (Å²) in [6.45, 7) is 2.20. The molecule has 1 aliphatic rings. The summed E-state index contributed by atoms with van der Waals surface area (Å²) in [6, 6.07) is 6.60. The average Bonchev–Trinajstić information content (AvgIpc) is 2.70. The van der Waals surface area contributed by atoms with Gasteiger partial charge in [0, 0.05) is 45.4 Å². The number of esters is 1. The average molecular weight is 409 g/mol. The number of sulfonamides is 1. The molecule has 0 radical (unpaired) electrons. The lowest BCUT2D eigenvalue weighted by atomic mass is 10.2. The summed E-state index contributed by atoms with van der Waals surface area (Å²) < 4.78 is 31.3. The lowest BCUT2D eigenvalue weighted by molar-refractivity contribution is -0.143. The summed E-state index contributed by atoms with van der Waals surface area (Å²) in [7, 11) is -2.20. The highest BCUT2D eigenvalue weighted by Gasteiger charge is 2.29. The van der Waals surface area contributed by atoms with Crippen LogP contribution in [0.1, 0.15) is 5.56 Å². The third-order valence-corrected chi connectivity index (χ3v) is 6.11. The molecule has 1 aromatic rings. The molecule has 0 aliphatic carbocycles. The van der Waals surface area contributed by atoms with Crippen molar-refractivity contribution in [3.05, 3.63) is 42.0 Å². The molecule has 2 amide bonds. The van der Waals surface area contributed by atoms with Crippen molar-refractivity contribution in [3.63, 3.8) is 0 Å². The van der Waals surface area contributed by atoms with Gasteiger partial charge in [-0.2, -0.15) is 4.31 Å². The van der Waals surface area contributed by atoms with Gasteiger partial charge in [-0.05, 0) is 19.1 Å². The van der Waals surface area contributed by atoms with E-state index in [0.717, 1.165) is 17.7 Å². The molecule has 0 bridgehead atoms. The largest absolute Gasteiger partial charge is 0.452 e. The number of nitrogens with one attached hydrogen (secondary N) is 1.